The Balaban J connectivity index is 1.42. The fraction of sp³-hybridized carbons (Fsp3) is 0.208. The number of nitrogens with zero attached hydrogens (tertiary/aromatic N) is 2. The normalized spacial score (nSPS) is 18.8. The number of carbonyl (C=O) groups excluding carboxylic acids is 1. The zero-order chi connectivity index (χ0) is 22.4. The van der Waals surface area contributed by atoms with Crippen LogP contribution in [0, 0.1) is 5.82 Å². The third-order valence-corrected chi connectivity index (χ3v) is 7.14. The highest BCUT2D eigenvalue weighted by Gasteiger charge is 2.39. The minimum Gasteiger partial charge on any atom is -0.768 e. The Morgan fingerprint density at radius 2 is 1.84 bits per heavy atom. The summed E-state index contributed by atoms with van der Waals surface area (Å²) < 4.78 is 35.8. The van der Waals surface area contributed by atoms with Crippen LogP contribution in [0.15, 0.2) is 65.6 Å². The van der Waals surface area contributed by atoms with E-state index in [0.29, 0.717) is 18.7 Å². The van der Waals surface area contributed by atoms with Crippen LogP contribution in [0.3, 0.4) is 0 Å². The highest BCUT2D eigenvalue weighted by atomic mass is 35.5. The second-order valence-electron chi connectivity index (χ2n) is 7.90. The molecule has 164 valence electrons. The van der Waals surface area contributed by atoms with E-state index in [1.165, 1.54) is 18.2 Å². The molecule has 2 atom stereocenters. The van der Waals surface area contributed by atoms with Crippen molar-refractivity contribution < 1.29 is 17.9 Å². The van der Waals surface area contributed by atoms with Gasteiger partial charge >= 0.3 is 0 Å². The quantitative estimate of drug-likeness (QED) is 0.526. The van der Waals surface area contributed by atoms with Gasteiger partial charge in [-0.15, -0.1) is 0 Å². The number of rotatable bonds is 4. The zero-order valence-corrected chi connectivity index (χ0v) is 18.5. The summed E-state index contributed by atoms with van der Waals surface area (Å²) in [4.78, 5) is 17.3. The number of benzene rings is 3. The van der Waals surface area contributed by atoms with Crippen LogP contribution in [0.25, 0.3) is 11.1 Å². The lowest BCUT2D eigenvalue weighted by Gasteiger charge is -2.26. The second kappa shape index (κ2) is 8.31. The molecule has 0 N–H and O–H groups in total. The Kier molecular flexibility index (Phi) is 5.49. The van der Waals surface area contributed by atoms with Gasteiger partial charge in [0.1, 0.15) is 11.9 Å². The summed E-state index contributed by atoms with van der Waals surface area (Å²) in [5.74, 6) is -0.445. The minimum absolute atomic E-state index is 0.00377. The highest BCUT2D eigenvalue weighted by Crippen LogP contribution is 2.40. The van der Waals surface area contributed by atoms with Gasteiger partial charge in [0.15, 0.2) is 0 Å². The van der Waals surface area contributed by atoms with Gasteiger partial charge in [0, 0.05) is 29.4 Å². The lowest BCUT2D eigenvalue weighted by atomic mass is 9.98. The van der Waals surface area contributed by atoms with Crippen LogP contribution in [0.5, 0.6) is 0 Å². The Morgan fingerprint density at radius 3 is 2.56 bits per heavy atom. The first-order valence-corrected chi connectivity index (χ1v) is 11.7. The van der Waals surface area contributed by atoms with E-state index in [9.17, 15) is 17.9 Å². The van der Waals surface area contributed by atoms with Crippen LogP contribution in [0.2, 0.25) is 5.02 Å². The molecule has 0 radical (unpaired) electrons. The van der Waals surface area contributed by atoms with E-state index in [4.69, 9.17) is 11.6 Å². The summed E-state index contributed by atoms with van der Waals surface area (Å²) in [5, 5.41) is 0.0865. The van der Waals surface area contributed by atoms with Gasteiger partial charge in [0.25, 0.3) is 0 Å². The lowest BCUT2D eigenvalue weighted by molar-refractivity contribution is -0.118. The average molecular weight is 470 g/mol. The predicted octanol–water partition coefficient (Wildman–Crippen LogP) is 4.55. The van der Waals surface area contributed by atoms with Crippen LogP contribution in [-0.2, 0) is 22.3 Å². The molecule has 2 aliphatic rings. The van der Waals surface area contributed by atoms with Gasteiger partial charge in [-0.25, -0.2) is 4.39 Å². The summed E-state index contributed by atoms with van der Waals surface area (Å²) in [5.41, 5.74) is 4.69. The van der Waals surface area contributed by atoms with E-state index in [1.807, 2.05) is 18.2 Å². The van der Waals surface area contributed by atoms with Crippen LogP contribution in [0.4, 0.5) is 15.8 Å². The van der Waals surface area contributed by atoms with Crippen LogP contribution < -0.4 is 9.80 Å². The summed E-state index contributed by atoms with van der Waals surface area (Å²) in [6.45, 7) is 1.29. The van der Waals surface area contributed by atoms with Gasteiger partial charge in [-0.3, -0.25) is 9.00 Å². The molecule has 0 saturated carbocycles. The predicted molar refractivity (Wildman–Crippen MR) is 122 cm³/mol. The van der Waals surface area contributed by atoms with Gasteiger partial charge in [-0.2, -0.15) is 0 Å². The van der Waals surface area contributed by atoms with Crippen molar-refractivity contribution in [1.82, 2.24) is 0 Å². The van der Waals surface area contributed by atoms with Crippen molar-refractivity contribution in [1.29, 1.82) is 0 Å². The molecule has 8 heteroatoms. The molecule has 1 fully saturated rings. The molecular weight excluding hydrogens is 451 g/mol. The van der Waals surface area contributed by atoms with Crippen LogP contribution in [-0.4, -0.2) is 33.8 Å². The molecule has 3 aromatic rings. The maximum absolute atomic E-state index is 13.6. The molecule has 5 nitrogen and oxygen atoms in total. The SMILES string of the molecule is O=C1[C@@H](N2CCc3c(-c4ccc(F)c(Cl)c4)cccc32)CCN1c1ccc(S(=O)[O-])cc1. The number of anilines is 2. The first kappa shape index (κ1) is 21.1. The summed E-state index contributed by atoms with van der Waals surface area (Å²) in [7, 11) is 0. The van der Waals surface area contributed by atoms with Gasteiger partial charge in [-0.05, 0) is 83.1 Å². The van der Waals surface area contributed by atoms with E-state index in [0.717, 1.165) is 35.3 Å². The monoisotopic (exact) mass is 469 g/mol. The molecule has 3 aromatic carbocycles. The maximum Gasteiger partial charge on any atom is 0.249 e. The van der Waals surface area contributed by atoms with Gasteiger partial charge in [0.05, 0.1) is 5.02 Å². The molecule has 5 rings (SSSR count). The molecule has 1 unspecified atom stereocenters. The van der Waals surface area contributed by atoms with Gasteiger partial charge in [-0.1, -0.05) is 29.8 Å². The number of fused-ring (bicyclic) bond motifs is 1. The lowest BCUT2D eigenvalue weighted by Crippen LogP contribution is -2.41. The van der Waals surface area contributed by atoms with Crippen LogP contribution in [0.1, 0.15) is 12.0 Å². The third-order valence-electron chi connectivity index (χ3n) is 6.19. The molecule has 0 aliphatic carbocycles. The van der Waals surface area contributed by atoms with Crippen molar-refractivity contribution in [3.63, 3.8) is 0 Å². The largest absolute Gasteiger partial charge is 0.768 e. The smallest absolute Gasteiger partial charge is 0.249 e. The van der Waals surface area contributed by atoms with Gasteiger partial charge in [0.2, 0.25) is 5.91 Å². The second-order valence-corrected chi connectivity index (χ2v) is 9.25. The van der Waals surface area contributed by atoms with E-state index in [-0.39, 0.29) is 21.9 Å². The Hall–Kier alpha value is -2.74. The van der Waals surface area contributed by atoms with Crippen molar-refractivity contribution >= 4 is 40.0 Å². The number of hydrogen-bond donors (Lipinski definition) is 0. The third kappa shape index (κ3) is 3.60. The molecule has 0 spiro atoms. The summed E-state index contributed by atoms with van der Waals surface area (Å²) in [6.07, 6.45) is 1.47. The van der Waals surface area contributed by atoms with Crippen LogP contribution >= 0.6 is 11.6 Å². The maximum atomic E-state index is 13.6. The average Bonchev–Trinajstić information content (AvgIpc) is 3.39. The van der Waals surface area contributed by atoms with Crippen molar-refractivity contribution in [3.8, 4) is 11.1 Å². The number of carbonyl (C=O) groups is 1. The van der Waals surface area contributed by atoms with E-state index in [1.54, 1.807) is 29.2 Å². The number of amides is 1. The number of hydrogen-bond acceptors (Lipinski definition) is 4. The molecule has 32 heavy (non-hydrogen) atoms. The summed E-state index contributed by atoms with van der Waals surface area (Å²) in [6, 6.07) is 16.8. The summed E-state index contributed by atoms with van der Waals surface area (Å²) >= 11 is 3.70. The molecule has 2 aliphatic heterocycles. The Morgan fingerprint density at radius 1 is 1.06 bits per heavy atom. The molecular formula is C24H19ClFN2O3S-. The van der Waals surface area contributed by atoms with E-state index < -0.39 is 16.9 Å². The fourth-order valence-electron chi connectivity index (χ4n) is 4.66. The molecule has 1 amide bonds. The zero-order valence-electron chi connectivity index (χ0n) is 17.0. The molecule has 0 aromatic heterocycles. The van der Waals surface area contributed by atoms with Crippen molar-refractivity contribution in [3.05, 3.63) is 77.1 Å². The van der Waals surface area contributed by atoms with Crippen molar-refractivity contribution in [2.45, 2.75) is 23.8 Å². The fourth-order valence-corrected chi connectivity index (χ4v) is 5.20. The Bertz CT molecular complexity index is 1230. The van der Waals surface area contributed by atoms with Crippen molar-refractivity contribution in [2.75, 3.05) is 22.9 Å². The van der Waals surface area contributed by atoms with E-state index in [2.05, 4.69) is 4.90 Å². The number of halogens is 2. The first-order valence-electron chi connectivity index (χ1n) is 10.3. The molecule has 2 heterocycles. The highest BCUT2D eigenvalue weighted by molar-refractivity contribution is 7.79. The minimum atomic E-state index is -2.29. The van der Waals surface area contributed by atoms with Crippen molar-refractivity contribution in [2.24, 2.45) is 0 Å². The van der Waals surface area contributed by atoms with Gasteiger partial charge < -0.3 is 14.4 Å². The standard InChI is InChI=1S/C24H20ClFN2O3S/c25-20-14-15(4-9-21(20)26)18-2-1-3-22-19(18)10-12-28(22)23-11-13-27(24(23)29)16-5-7-17(8-6-16)32(30)31/h1-9,14,23H,10-13H2,(H,30,31)/p-1/t23-/m0/s1. The topological polar surface area (TPSA) is 63.7 Å². The molecule has 1 saturated heterocycles. The first-order chi connectivity index (χ1) is 15.4. The molecule has 0 bridgehead atoms. The Labute approximate surface area is 192 Å². The van der Waals surface area contributed by atoms with E-state index >= 15 is 0 Å².